The fraction of sp³-hybridized carbons (Fsp3) is 0.643. The maximum absolute atomic E-state index is 11.6. The smallest absolute Gasteiger partial charge is 0.409 e. The van der Waals surface area contributed by atoms with Crippen LogP contribution in [0.2, 0.25) is 0 Å². The largest absolute Gasteiger partial charge is 0.466 e. The lowest BCUT2D eigenvalue weighted by Crippen LogP contribution is -2.36. The van der Waals surface area contributed by atoms with Crippen molar-refractivity contribution in [2.24, 2.45) is 0 Å². The van der Waals surface area contributed by atoms with Crippen LogP contribution in [-0.2, 0) is 23.8 Å². The summed E-state index contributed by atoms with van der Waals surface area (Å²) in [7, 11) is 1.22. The van der Waals surface area contributed by atoms with Crippen LogP contribution >= 0.6 is 0 Å². The molecule has 0 aromatic rings. The monoisotopic (exact) mass is 299 g/mol. The van der Waals surface area contributed by atoms with E-state index in [1.807, 2.05) is 0 Å². The molecule has 0 aliphatic carbocycles. The first-order valence-electron chi connectivity index (χ1n) is 6.98. The topological polar surface area (TPSA) is 82.1 Å². The van der Waals surface area contributed by atoms with E-state index in [9.17, 15) is 14.4 Å². The van der Waals surface area contributed by atoms with E-state index in [1.54, 1.807) is 4.90 Å². The maximum Gasteiger partial charge on any atom is 0.409 e. The van der Waals surface area contributed by atoms with E-state index in [4.69, 9.17) is 9.47 Å². The molecule has 0 unspecified atom stereocenters. The number of hydrogen-bond acceptors (Lipinski definition) is 6. The molecule has 0 saturated carbocycles. The van der Waals surface area contributed by atoms with Gasteiger partial charge in [0, 0.05) is 31.7 Å². The Morgan fingerprint density at radius 3 is 2.24 bits per heavy atom. The number of hydrogen-bond donors (Lipinski definition) is 0. The maximum atomic E-state index is 11.6. The van der Waals surface area contributed by atoms with Crippen LogP contribution in [0.1, 0.15) is 25.7 Å². The standard InChI is InChI=1S/C14H21NO6/c1-19-12(16)6-7-13(17)20-10-5-11-21-14(18)15-8-3-2-4-9-15/h6-7H,2-5,8-11H2,1H3/b7-6+. The van der Waals surface area contributed by atoms with Crippen molar-refractivity contribution in [3.63, 3.8) is 0 Å². The van der Waals surface area contributed by atoms with Crippen LogP contribution in [0.25, 0.3) is 0 Å². The Kier molecular flexibility index (Phi) is 7.93. The molecule has 1 saturated heterocycles. The van der Waals surface area contributed by atoms with Gasteiger partial charge in [-0.15, -0.1) is 0 Å². The van der Waals surface area contributed by atoms with Gasteiger partial charge in [-0.1, -0.05) is 0 Å². The van der Waals surface area contributed by atoms with Gasteiger partial charge in [-0.3, -0.25) is 0 Å². The van der Waals surface area contributed by atoms with Crippen LogP contribution in [0.3, 0.4) is 0 Å². The predicted molar refractivity (Wildman–Crippen MR) is 73.5 cm³/mol. The van der Waals surface area contributed by atoms with E-state index >= 15 is 0 Å². The van der Waals surface area contributed by atoms with E-state index in [0.717, 1.165) is 44.5 Å². The van der Waals surface area contributed by atoms with Gasteiger partial charge in [0.15, 0.2) is 0 Å². The lowest BCUT2D eigenvalue weighted by molar-refractivity contribution is -0.139. The Bertz CT molecular complexity index is 387. The minimum absolute atomic E-state index is 0.123. The number of esters is 2. The Hall–Kier alpha value is -2.05. The first-order valence-corrected chi connectivity index (χ1v) is 6.98. The number of nitrogens with zero attached hydrogens (tertiary/aromatic N) is 1. The number of ether oxygens (including phenoxy) is 3. The Morgan fingerprint density at radius 2 is 1.57 bits per heavy atom. The third-order valence-corrected chi connectivity index (χ3v) is 2.93. The van der Waals surface area contributed by atoms with Crippen molar-refractivity contribution in [1.82, 2.24) is 4.90 Å². The lowest BCUT2D eigenvalue weighted by Gasteiger charge is -2.25. The molecule has 1 rings (SSSR count). The van der Waals surface area contributed by atoms with E-state index in [0.29, 0.717) is 6.42 Å². The third-order valence-electron chi connectivity index (χ3n) is 2.93. The minimum Gasteiger partial charge on any atom is -0.466 e. The van der Waals surface area contributed by atoms with E-state index in [-0.39, 0.29) is 19.3 Å². The summed E-state index contributed by atoms with van der Waals surface area (Å²) in [5.74, 6) is -1.26. The predicted octanol–water partition coefficient (Wildman–Crippen LogP) is 1.27. The number of carbonyl (C=O) groups is 3. The number of rotatable bonds is 6. The molecule has 0 aromatic heterocycles. The van der Waals surface area contributed by atoms with Crippen molar-refractivity contribution in [2.45, 2.75) is 25.7 Å². The van der Waals surface area contributed by atoms with E-state index < -0.39 is 11.9 Å². The molecule has 1 fully saturated rings. The molecule has 1 aliphatic heterocycles. The Morgan fingerprint density at radius 1 is 0.952 bits per heavy atom. The molecule has 0 radical (unpaired) electrons. The molecule has 0 atom stereocenters. The highest BCUT2D eigenvalue weighted by molar-refractivity contribution is 5.91. The second-order valence-electron chi connectivity index (χ2n) is 4.54. The van der Waals surface area contributed by atoms with Crippen molar-refractivity contribution in [2.75, 3.05) is 33.4 Å². The van der Waals surface area contributed by atoms with Gasteiger partial charge in [0.1, 0.15) is 0 Å². The SMILES string of the molecule is COC(=O)/C=C/C(=O)OCCCOC(=O)N1CCCCC1. The molecule has 1 heterocycles. The average Bonchev–Trinajstić information content (AvgIpc) is 2.52. The zero-order valence-electron chi connectivity index (χ0n) is 12.2. The van der Waals surface area contributed by atoms with Crippen LogP contribution in [0.15, 0.2) is 12.2 Å². The number of carbonyl (C=O) groups excluding carboxylic acids is 3. The summed E-state index contributed by atoms with van der Waals surface area (Å²) < 4.78 is 14.2. The van der Waals surface area contributed by atoms with Crippen molar-refractivity contribution in [3.05, 3.63) is 12.2 Å². The van der Waals surface area contributed by atoms with Crippen LogP contribution in [0.4, 0.5) is 4.79 Å². The molecule has 7 heteroatoms. The van der Waals surface area contributed by atoms with Crippen LogP contribution in [0.5, 0.6) is 0 Å². The molecule has 21 heavy (non-hydrogen) atoms. The molecule has 1 amide bonds. The summed E-state index contributed by atoms with van der Waals surface area (Å²) in [6, 6.07) is 0. The highest BCUT2D eigenvalue weighted by Gasteiger charge is 2.17. The zero-order valence-corrected chi connectivity index (χ0v) is 12.2. The summed E-state index contributed by atoms with van der Waals surface area (Å²) in [5.41, 5.74) is 0. The van der Waals surface area contributed by atoms with Gasteiger partial charge in [0.05, 0.1) is 20.3 Å². The lowest BCUT2D eigenvalue weighted by atomic mass is 10.1. The van der Waals surface area contributed by atoms with Gasteiger partial charge < -0.3 is 19.1 Å². The highest BCUT2D eigenvalue weighted by Crippen LogP contribution is 2.09. The summed E-state index contributed by atoms with van der Waals surface area (Å²) in [6.45, 7) is 1.80. The Balaban J connectivity index is 2.06. The summed E-state index contributed by atoms with van der Waals surface area (Å²) in [4.78, 5) is 35.2. The van der Waals surface area contributed by atoms with Gasteiger partial charge in [-0.2, -0.15) is 0 Å². The fourth-order valence-electron chi connectivity index (χ4n) is 1.81. The van der Waals surface area contributed by atoms with Crippen LogP contribution < -0.4 is 0 Å². The molecule has 0 bridgehead atoms. The number of methoxy groups -OCH3 is 1. The second kappa shape index (κ2) is 9.79. The molecule has 7 nitrogen and oxygen atoms in total. The van der Waals surface area contributed by atoms with Crippen molar-refractivity contribution in [3.8, 4) is 0 Å². The molecule has 118 valence electrons. The highest BCUT2D eigenvalue weighted by atomic mass is 16.6. The quantitative estimate of drug-likeness (QED) is 0.318. The average molecular weight is 299 g/mol. The van der Waals surface area contributed by atoms with E-state index in [2.05, 4.69) is 4.74 Å². The minimum atomic E-state index is -0.636. The molecule has 1 aliphatic rings. The molecule has 0 spiro atoms. The number of piperidine rings is 1. The molecular formula is C14H21NO6. The Labute approximate surface area is 123 Å². The third kappa shape index (κ3) is 7.34. The van der Waals surface area contributed by atoms with E-state index in [1.165, 1.54) is 7.11 Å². The number of likely N-dealkylation sites (tertiary alicyclic amines) is 1. The van der Waals surface area contributed by atoms with Gasteiger partial charge >= 0.3 is 18.0 Å². The number of amides is 1. The van der Waals surface area contributed by atoms with Gasteiger partial charge in [-0.25, -0.2) is 14.4 Å². The zero-order chi connectivity index (χ0) is 15.5. The summed E-state index contributed by atoms with van der Waals surface area (Å²) in [5, 5.41) is 0. The van der Waals surface area contributed by atoms with Gasteiger partial charge in [0.25, 0.3) is 0 Å². The molecule has 0 N–H and O–H groups in total. The summed E-state index contributed by atoms with van der Waals surface area (Å²) >= 11 is 0. The summed E-state index contributed by atoms with van der Waals surface area (Å²) in [6.07, 6.45) is 5.26. The molecule has 0 aromatic carbocycles. The van der Waals surface area contributed by atoms with Crippen LogP contribution in [-0.4, -0.2) is 56.3 Å². The van der Waals surface area contributed by atoms with Crippen molar-refractivity contribution in [1.29, 1.82) is 0 Å². The fourth-order valence-corrected chi connectivity index (χ4v) is 1.81. The van der Waals surface area contributed by atoms with Gasteiger partial charge in [-0.05, 0) is 19.3 Å². The van der Waals surface area contributed by atoms with Crippen LogP contribution in [0, 0.1) is 0 Å². The first kappa shape index (κ1) is 17.0. The molecular weight excluding hydrogens is 278 g/mol. The van der Waals surface area contributed by atoms with Gasteiger partial charge in [0.2, 0.25) is 0 Å². The van der Waals surface area contributed by atoms with Crippen molar-refractivity contribution >= 4 is 18.0 Å². The second-order valence-corrected chi connectivity index (χ2v) is 4.54. The van der Waals surface area contributed by atoms with Crippen molar-refractivity contribution < 1.29 is 28.6 Å². The first-order chi connectivity index (χ1) is 10.1. The normalized spacial score (nSPS) is 14.8.